The molecule has 0 saturated heterocycles. The van der Waals surface area contributed by atoms with E-state index in [9.17, 15) is 15.2 Å². The van der Waals surface area contributed by atoms with E-state index in [0.717, 1.165) is 18.8 Å². The maximum Gasteiger partial charge on any atom is 0.304 e. The average Bonchev–Trinajstić information content (AvgIpc) is 2.84. The van der Waals surface area contributed by atoms with Crippen LogP contribution in [0.4, 0.5) is 10.7 Å². The first-order chi connectivity index (χ1) is 9.40. The van der Waals surface area contributed by atoms with E-state index < -0.39 is 6.10 Å². The molecule has 1 aliphatic rings. The standard InChI is InChI=1S/C14H22N2O3S/c1-9-4-6-11(7-5-9)15(3)14-12(16(18)19)8-13(20-14)10(2)17/h8-11,17H,4-7H2,1-3H3/t9?,10-,11?/m0/s1. The molecule has 20 heavy (non-hydrogen) atoms. The first-order valence-electron chi connectivity index (χ1n) is 7.09. The number of anilines is 1. The smallest absolute Gasteiger partial charge is 0.304 e. The van der Waals surface area contributed by atoms with Crippen LogP contribution in [0.5, 0.6) is 0 Å². The van der Waals surface area contributed by atoms with Crippen LogP contribution in [0.3, 0.4) is 0 Å². The third-order valence-corrected chi connectivity index (χ3v) is 5.56. The van der Waals surface area contributed by atoms with Gasteiger partial charge in [-0.1, -0.05) is 6.92 Å². The van der Waals surface area contributed by atoms with Gasteiger partial charge in [0.1, 0.15) is 0 Å². The van der Waals surface area contributed by atoms with E-state index in [1.807, 2.05) is 11.9 Å². The van der Waals surface area contributed by atoms with Gasteiger partial charge in [0.15, 0.2) is 5.00 Å². The Kier molecular flexibility index (Phi) is 4.65. The van der Waals surface area contributed by atoms with E-state index >= 15 is 0 Å². The van der Waals surface area contributed by atoms with Crippen molar-refractivity contribution in [3.8, 4) is 0 Å². The van der Waals surface area contributed by atoms with Crippen LogP contribution in [0.25, 0.3) is 0 Å². The molecule has 1 heterocycles. The summed E-state index contributed by atoms with van der Waals surface area (Å²) >= 11 is 1.33. The summed E-state index contributed by atoms with van der Waals surface area (Å²) in [5, 5.41) is 21.5. The molecular formula is C14H22N2O3S. The van der Waals surface area contributed by atoms with Gasteiger partial charge in [-0.2, -0.15) is 0 Å². The van der Waals surface area contributed by atoms with Crippen LogP contribution in [-0.2, 0) is 0 Å². The van der Waals surface area contributed by atoms with Crippen molar-refractivity contribution in [2.24, 2.45) is 5.92 Å². The minimum absolute atomic E-state index is 0.118. The zero-order valence-corrected chi connectivity index (χ0v) is 13.0. The molecule has 1 aromatic heterocycles. The minimum Gasteiger partial charge on any atom is -0.388 e. The van der Waals surface area contributed by atoms with E-state index in [-0.39, 0.29) is 10.6 Å². The zero-order chi connectivity index (χ0) is 14.9. The molecular weight excluding hydrogens is 276 g/mol. The van der Waals surface area contributed by atoms with Crippen molar-refractivity contribution in [2.75, 3.05) is 11.9 Å². The Balaban J connectivity index is 2.24. The number of nitro groups is 1. The molecule has 1 atom stereocenters. The summed E-state index contributed by atoms with van der Waals surface area (Å²) < 4.78 is 0. The van der Waals surface area contributed by atoms with Gasteiger partial charge in [0.2, 0.25) is 0 Å². The van der Waals surface area contributed by atoms with Gasteiger partial charge in [-0.05, 0) is 38.5 Å². The Bertz CT molecular complexity index is 479. The fourth-order valence-electron chi connectivity index (χ4n) is 2.77. The molecule has 1 fully saturated rings. The Labute approximate surface area is 123 Å². The molecule has 5 nitrogen and oxygen atoms in total. The van der Waals surface area contributed by atoms with Crippen LogP contribution in [0.1, 0.15) is 50.5 Å². The molecule has 1 aromatic rings. The topological polar surface area (TPSA) is 66.6 Å². The Morgan fingerprint density at radius 2 is 2.05 bits per heavy atom. The van der Waals surface area contributed by atoms with Gasteiger partial charge in [-0.15, -0.1) is 11.3 Å². The molecule has 1 N–H and O–H groups in total. The predicted molar refractivity (Wildman–Crippen MR) is 81.4 cm³/mol. The van der Waals surface area contributed by atoms with Crippen molar-refractivity contribution in [3.05, 3.63) is 21.1 Å². The SMILES string of the molecule is CC1CCC(N(C)c2sc([C@H](C)O)cc2[N+](=O)[O-])CC1. The first-order valence-corrected chi connectivity index (χ1v) is 7.90. The van der Waals surface area contributed by atoms with Gasteiger partial charge in [0, 0.05) is 24.0 Å². The molecule has 1 saturated carbocycles. The fraction of sp³-hybridized carbons (Fsp3) is 0.714. The quantitative estimate of drug-likeness (QED) is 0.679. The second-order valence-corrected chi connectivity index (χ2v) is 6.86. The molecule has 0 spiro atoms. The maximum atomic E-state index is 11.2. The highest BCUT2D eigenvalue weighted by molar-refractivity contribution is 7.16. The number of nitrogens with zero attached hydrogens (tertiary/aromatic N) is 2. The molecule has 0 unspecified atom stereocenters. The summed E-state index contributed by atoms with van der Waals surface area (Å²) in [7, 11) is 1.94. The average molecular weight is 298 g/mol. The second kappa shape index (κ2) is 6.10. The van der Waals surface area contributed by atoms with Crippen molar-refractivity contribution < 1.29 is 10.0 Å². The molecule has 0 aliphatic heterocycles. The molecule has 2 rings (SSSR count). The highest BCUT2D eigenvalue weighted by Gasteiger charge is 2.29. The number of aliphatic hydroxyl groups is 1. The lowest BCUT2D eigenvalue weighted by Gasteiger charge is -2.33. The zero-order valence-electron chi connectivity index (χ0n) is 12.2. The van der Waals surface area contributed by atoms with Crippen LogP contribution >= 0.6 is 11.3 Å². The summed E-state index contributed by atoms with van der Waals surface area (Å²) in [6.45, 7) is 3.90. The highest BCUT2D eigenvalue weighted by atomic mass is 32.1. The summed E-state index contributed by atoms with van der Waals surface area (Å²) in [4.78, 5) is 13.6. The van der Waals surface area contributed by atoms with E-state index in [0.29, 0.717) is 15.9 Å². The van der Waals surface area contributed by atoms with Gasteiger partial charge < -0.3 is 10.0 Å². The lowest BCUT2D eigenvalue weighted by Crippen LogP contribution is -2.34. The maximum absolute atomic E-state index is 11.2. The normalized spacial score (nSPS) is 24.4. The Hall–Kier alpha value is -1.14. The van der Waals surface area contributed by atoms with Gasteiger partial charge >= 0.3 is 5.69 Å². The van der Waals surface area contributed by atoms with Crippen LogP contribution in [0, 0.1) is 16.0 Å². The molecule has 0 radical (unpaired) electrons. The van der Waals surface area contributed by atoms with E-state index in [4.69, 9.17) is 0 Å². The van der Waals surface area contributed by atoms with Gasteiger partial charge in [-0.3, -0.25) is 10.1 Å². The highest BCUT2D eigenvalue weighted by Crippen LogP contribution is 2.42. The van der Waals surface area contributed by atoms with Crippen molar-refractivity contribution in [2.45, 2.75) is 51.7 Å². The van der Waals surface area contributed by atoms with Crippen LogP contribution in [-0.4, -0.2) is 23.1 Å². The second-order valence-electron chi connectivity index (χ2n) is 5.80. The third kappa shape index (κ3) is 3.12. The Morgan fingerprint density at radius 3 is 2.55 bits per heavy atom. The number of rotatable bonds is 4. The first kappa shape index (κ1) is 15.3. The molecule has 0 amide bonds. The molecule has 1 aliphatic carbocycles. The van der Waals surface area contributed by atoms with Crippen molar-refractivity contribution in [1.82, 2.24) is 0 Å². The molecule has 112 valence electrons. The molecule has 0 bridgehead atoms. The fourth-order valence-corrected chi connectivity index (χ4v) is 3.87. The van der Waals surface area contributed by atoms with Crippen molar-refractivity contribution >= 4 is 22.0 Å². The van der Waals surface area contributed by atoms with E-state index in [1.54, 1.807) is 6.92 Å². The van der Waals surface area contributed by atoms with Crippen molar-refractivity contribution in [1.29, 1.82) is 0 Å². The summed E-state index contributed by atoms with van der Waals surface area (Å²) in [5.74, 6) is 0.756. The number of thiophene rings is 1. The van der Waals surface area contributed by atoms with Gasteiger partial charge in [0.05, 0.1) is 11.0 Å². The largest absolute Gasteiger partial charge is 0.388 e. The number of aliphatic hydroxyl groups excluding tert-OH is 1. The summed E-state index contributed by atoms with van der Waals surface area (Å²) in [5.41, 5.74) is 0.118. The number of hydrogen-bond acceptors (Lipinski definition) is 5. The monoisotopic (exact) mass is 298 g/mol. The third-order valence-electron chi connectivity index (χ3n) is 4.17. The van der Waals surface area contributed by atoms with Crippen LogP contribution in [0.2, 0.25) is 0 Å². The lowest BCUT2D eigenvalue weighted by molar-refractivity contribution is -0.383. The number of hydrogen-bond donors (Lipinski definition) is 1. The van der Waals surface area contributed by atoms with Crippen LogP contribution < -0.4 is 4.90 Å². The van der Waals surface area contributed by atoms with Crippen LogP contribution in [0.15, 0.2) is 6.07 Å². The van der Waals surface area contributed by atoms with E-state index in [2.05, 4.69) is 6.92 Å². The summed E-state index contributed by atoms with van der Waals surface area (Å²) in [6, 6.07) is 1.87. The van der Waals surface area contributed by atoms with Gasteiger partial charge in [0.25, 0.3) is 0 Å². The van der Waals surface area contributed by atoms with E-state index in [1.165, 1.54) is 30.2 Å². The van der Waals surface area contributed by atoms with Crippen molar-refractivity contribution in [3.63, 3.8) is 0 Å². The molecule has 0 aromatic carbocycles. The Morgan fingerprint density at radius 1 is 1.45 bits per heavy atom. The molecule has 6 heteroatoms. The van der Waals surface area contributed by atoms with Gasteiger partial charge in [-0.25, -0.2) is 0 Å². The minimum atomic E-state index is -0.660. The lowest BCUT2D eigenvalue weighted by atomic mass is 9.87. The summed E-state index contributed by atoms with van der Waals surface area (Å²) in [6.07, 6.45) is 3.86. The predicted octanol–water partition coefficient (Wildman–Crippen LogP) is 3.72.